The number of anilines is 1. The smallest absolute Gasteiger partial charge is 0.226 e. The fourth-order valence-corrected chi connectivity index (χ4v) is 2.28. The molecule has 1 N–H and O–H groups in total. The first-order valence-corrected chi connectivity index (χ1v) is 7.20. The summed E-state index contributed by atoms with van der Waals surface area (Å²) in [7, 11) is 0. The molecule has 0 aliphatic rings. The summed E-state index contributed by atoms with van der Waals surface area (Å²) < 4.78 is 18.6. The van der Waals surface area contributed by atoms with E-state index >= 15 is 0 Å². The summed E-state index contributed by atoms with van der Waals surface area (Å²) in [5, 5.41) is 3.22. The standard InChI is InChI=1S/C17H14ClFN2O/c1-11-3-2-4-12(7-11)17-21-14(10-22-17)9-20-13-5-6-16(19)15(18)8-13/h2-8,10,20H,9H2,1H3. The van der Waals surface area contributed by atoms with Crippen LogP contribution in [0.1, 0.15) is 11.3 Å². The summed E-state index contributed by atoms with van der Waals surface area (Å²) in [6, 6.07) is 12.5. The number of rotatable bonds is 4. The topological polar surface area (TPSA) is 38.1 Å². The lowest BCUT2D eigenvalue weighted by Crippen LogP contribution is -1.99. The molecule has 112 valence electrons. The van der Waals surface area contributed by atoms with E-state index in [2.05, 4.69) is 10.3 Å². The van der Waals surface area contributed by atoms with Crippen LogP contribution in [0, 0.1) is 12.7 Å². The molecular weight excluding hydrogens is 303 g/mol. The summed E-state index contributed by atoms with van der Waals surface area (Å²) in [4.78, 5) is 4.44. The lowest BCUT2D eigenvalue weighted by atomic mass is 10.1. The van der Waals surface area contributed by atoms with Crippen molar-refractivity contribution in [2.75, 3.05) is 5.32 Å². The minimum absolute atomic E-state index is 0.0885. The highest BCUT2D eigenvalue weighted by Crippen LogP contribution is 2.22. The van der Waals surface area contributed by atoms with Crippen LogP contribution in [0.5, 0.6) is 0 Å². The van der Waals surface area contributed by atoms with E-state index in [-0.39, 0.29) is 5.02 Å². The van der Waals surface area contributed by atoms with Crippen molar-refractivity contribution in [1.82, 2.24) is 4.98 Å². The van der Waals surface area contributed by atoms with Gasteiger partial charge in [-0.15, -0.1) is 0 Å². The lowest BCUT2D eigenvalue weighted by molar-refractivity contribution is 0.573. The molecule has 0 fully saturated rings. The van der Waals surface area contributed by atoms with Crippen molar-refractivity contribution in [2.45, 2.75) is 13.5 Å². The number of hydrogen-bond donors (Lipinski definition) is 1. The van der Waals surface area contributed by atoms with Crippen LogP contribution in [0.25, 0.3) is 11.5 Å². The quantitative estimate of drug-likeness (QED) is 0.731. The van der Waals surface area contributed by atoms with E-state index in [1.54, 1.807) is 18.4 Å². The molecule has 3 aromatic rings. The minimum atomic E-state index is -0.435. The second-order valence-electron chi connectivity index (χ2n) is 5.00. The van der Waals surface area contributed by atoms with Gasteiger partial charge in [-0.3, -0.25) is 0 Å². The van der Waals surface area contributed by atoms with Crippen LogP contribution in [0.15, 0.2) is 53.1 Å². The maximum absolute atomic E-state index is 13.1. The fraction of sp³-hybridized carbons (Fsp3) is 0.118. The Kier molecular flexibility index (Phi) is 4.11. The molecule has 0 atom stereocenters. The average molecular weight is 317 g/mol. The highest BCUT2D eigenvalue weighted by molar-refractivity contribution is 6.31. The van der Waals surface area contributed by atoms with Gasteiger partial charge in [0, 0.05) is 11.3 Å². The van der Waals surface area contributed by atoms with Crippen LogP contribution in [-0.2, 0) is 6.54 Å². The Morgan fingerprint density at radius 3 is 2.86 bits per heavy atom. The summed E-state index contributed by atoms with van der Waals surface area (Å²) in [6.07, 6.45) is 1.61. The summed E-state index contributed by atoms with van der Waals surface area (Å²) in [5.41, 5.74) is 3.58. The van der Waals surface area contributed by atoms with Gasteiger partial charge in [0.15, 0.2) is 0 Å². The highest BCUT2D eigenvalue weighted by atomic mass is 35.5. The summed E-state index contributed by atoms with van der Waals surface area (Å²) >= 11 is 5.75. The van der Waals surface area contributed by atoms with Crippen LogP contribution in [0.3, 0.4) is 0 Å². The predicted octanol–water partition coefficient (Wildman–Crippen LogP) is 5.05. The van der Waals surface area contributed by atoms with E-state index in [0.29, 0.717) is 12.4 Å². The zero-order valence-corrected chi connectivity index (χ0v) is 12.7. The minimum Gasteiger partial charge on any atom is -0.444 e. The maximum atomic E-state index is 13.1. The van der Waals surface area contributed by atoms with Crippen molar-refractivity contribution in [3.8, 4) is 11.5 Å². The molecule has 0 unspecified atom stereocenters. The predicted molar refractivity (Wildman–Crippen MR) is 85.4 cm³/mol. The maximum Gasteiger partial charge on any atom is 0.226 e. The van der Waals surface area contributed by atoms with Crippen molar-refractivity contribution in [3.05, 3.63) is 70.8 Å². The fourth-order valence-electron chi connectivity index (χ4n) is 2.10. The molecule has 0 aliphatic heterocycles. The normalized spacial score (nSPS) is 10.7. The molecule has 0 amide bonds. The van der Waals surface area contributed by atoms with E-state index < -0.39 is 5.82 Å². The van der Waals surface area contributed by atoms with Gasteiger partial charge in [0.25, 0.3) is 0 Å². The molecule has 0 aliphatic carbocycles. The van der Waals surface area contributed by atoms with Crippen LogP contribution in [0.2, 0.25) is 5.02 Å². The number of halogens is 2. The molecule has 0 bridgehead atoms. The van der Waals surface area contributed by atoms with Gasteiger partial charge < -0.3 is 9.73 Å². The van der Waals surface area contributed by atoms with Crippen LogP contribution < -0.4 is 5.32 Å². The number of hydrogen-bond acceptors (Lipinski definition) is 3. The molecule has 0 spiro atoms. The van der Waals surface area contributed by atoms with Gasteiger partial charge in [0.2, 0.25) is 5.89 Å². The Hall–Kier alpha value is -2.33. The van der Waals surface area contributed by atoms with E-state index in [1.165, 1.54) is 6.07 Å². The SMILES string of the molecule is Cc1cccc(-c2nc(CNc3ccc(F)c(Cl)c3)co2)c1. The molecule has 1 heterocycles. The van der Waals surface area contributed by atoms with Crippen molar-refractivity contribution in [1.29, 1.82) is 0 Å². The molecule has 5 heteroatoms. The third-order valence-electron chi connectivity index (χ3n) is 3.21. The van der Waals surface area contributed by atoms with Crippen molar-refractivity contribution in [3.63, 3.8) is 0 Å². The Labute approximate surface area is 132 Å². The zero-order valence-electron chi connectivity index (χ0n) is 11.9. The zero-order chi connectivity index (χ0) is 15.5. The van der Waals surface area contributed by atoms with E-state index in [9.17, 15) is 4.39 Å². The van der Waals surface area contributed by atoms with E-state index in [4.69, 9.17) is 16.0 Å². The molecule has 0 radical (unpaired) electrons. The van der Waals surface area contributed by atoms with Crippen LogP contribution >= 0.6 is 11.6 Å². The number of aromatic nitrogens is 1. The van der Waals surface area contributed by atoms with Gasteiger partial charge in [-0.25, -0.2) is 9.37 Å². The number of nitrogens with one attached hydrogen (secondary N) is 1. The van der Waals surface area contributed by atoms with Gasteiger partial charge in [-0.2, -0.15) is 0 Å². The Morgan fingerprint density at radius 1 is 1.23 bits per heavy atom. The van der Waals surface area contributed by atoms with Crippen molar-refractivity contribution in [2.24, 2.45) is 0 Å². The molecule has 0 saturated heterocycles. The third-order valence-corrected chi connectivity index (χ3v) is 3.50. The van der Waals surface area contributed by atoms with Gasteiger partial charge in [0.05, 0.1) is 17.3 Å². The number of aryl methyl sites for hydroxylation is 1. The molecule has 2 aromatic carbocycles. The van der Waals surface area contributed by atoms with Crippen molar-refractivity contribution >= 4 is 17.3 Å². The second-order valence-corrected chi connectivity index (χ2v) is 5.40. The van der Waals surface area contributed by atoms with E-state index in [0.717, 1.165) is 22.5 Å². The van der Waals surface area contributed by atoms with Gasteiger partial charge in [0.1, 0.15) is 12.1 Å². The molecule has 1 aromatic heterocycles. The molecular formula is C17H14ClFN2O. The molecule has 0 saturated carbocycles. The largest absolute Gasteiger partial charge is 0.444 e. The molecule has 3 nitrogen and oxygen atoms in total. The van der Waals surface area contributed by atoms with Crippen LogP contribution in [0.4, 0.5) is 10.1 Å². The number of benzene rings is 2. The van der Waals surface area contributed by atoms with Crippen molar-refractivity contribution < 1.29 is 8.81 Å². The monoisotopic (exact) mass is 316 g/mol. The Bertz CT molecular complexity index is 801. The number of oxazole rings is 1. The van der Waals surface area contributed by atoms with E-state index in [1.807, 2.05) is 31.2 Å². The Morgan fingerprint density at radius 2 is 2.09 bits per heavy atom. The first-order valence-electron chi connectivity index (χ1n) is 6.82. The van der Waals surface area contributed by atoms with Gasteiger partial charge in [-0.1, -0.05) is 29.3 Å². The third kappa shape index (κ3) is 3.28. The number of nitrogens with zero attached hydrogens (tertiary/aromatic N) is 1. The molecule has 22 heavy (non-hydrogen) atoms. The highest BCUT2D eigenvalue weighted by Gasteiger charge is 2.07. The molecule has 3 rings (SSSR count). The van der Waals surface area contributed by atoms with Crippen LogP contribution in [-0.4, -0.2) is 4.98 Å². The summed E-state index contributed by atoms with van der Waals surface area (Å²) in [6.45, 7) is 2.49. The Balaban J connectivity index is 1.70. The van der Waals surface area contributed by atoms with Gasteiger partial charge >= 0.3 is 0 Å². The first kappa shape index (κ1) is 14.6. The van der Waals surface area contributed by atoms with Gasteiger partial charge in [-0.05, 0) is 37.3 Å². The average Bonchev–Trinajstić information content (AvgIpc) is 2.97. The lowest BCUT2D eigenvalue weighted by Gasteiger charge is -2.04. The summed E-state index contributed by atoms with van der Waals surface area (Å²) in [5.74, 6) is 0.146. The second kappa shape index (κ2) is 6.20. The first-order chi connectivity index (χ1) is 10.6.